The zero-order chi connectivity index (χ0) is 18.2. The van der Waals surface area contributed by atoms with Gasteiger partial charge in [0.1, 0.15) is 18.5 Å². The maximum atomic E-state index is 12.4. The van der Waals surface area contributed by atoms with E-state index in [-0.39, 0.29) is 18.5 Å². The van der Waals surface area contributed by atoms with Gasteiger partial charge in [0.15, 0.2) is 5.78 Å². The number of ether oxygens (including phenoxy) is 2. The van der Waals surface area contributed by atoms with Crippen molar-refractivity contribution in [1.29, 1.82) is 0 Å². The molecule has 5 heteroatoms. The predicted molar refractivity (Wildman–Crippen MR) is 99.7 cm³/mol. The molecule has 0 amide bonds. The molecule has 3 rings (SSSR count). The standard InChI is InChI=1S/C21H25NO4/c23-18(13-22-14-20-7-4-12-25-20)15-26-19-10-8-17(9-11-19)21(24)16-5-2-1-3-6-16/h1-3,5-6,8-11,18,20,22-23H,4,7,12-15H2/t18-,20-/m1/s1. The lowest BCUT2D eigenvalue weighted by molar-refractivity contribution is 0.0881. The summed E-state index contributed by atoms with van der Waals surface area (Å²) in [4.78, 5) is 12.4. The molecule has 2 N–H and O–H groups in total. The minimum absolute atomic E-state index is 0.0180. The third kappa shape index (κ3) is 5.39. The number of hydrogen-bond acceptors (Lipinski definition) is 5. The fraction of sp³-hybridized carbons (Fsp3) is 0.381. The van der Waals surface area contributed by atoms with Crippen LogP contribution in [0, 0.1) is 0 Å². The van der Waals surface area contributed by atoms with Crippen molar-refractivity contribution < 1.29 is 19.4 Å². The van der Waals surface area contributed by atoms with Crippen molar-refractivity contribution in [3.8, 4) is 5.75 Å². The van der Waals surface area contributed by atoms with Crippen LogP contribution in [-0.2, 0) is 4.74 Å². The normalized spacial score (nSPS) is 17.8. The third-order valence-corrected chi connectivity index (χ3v) is 4.37. The number of rotatable bonds is 9. The molecule has 1 fully saturated rings. The van der Waals surface area contributed by atoms with Crippen LogP contribution in [0.4, 0.5) is 0 Å². The first-order chi connectivity index (χ1) is 12.7. The summed E-state index contributed by atoms with van der Waals surface area (Å²) >= 11 is 0. The van der Waals surface area contributed by atoms with E-state index in [1.807, 2.05) is 18.2 Å². The van der Waals surface area contributed by atoms with Gasteiger partial charge in [-0.1, -0.05) is 30.3 Å². The molecule has 1 saturated heterocycles. The second kappa shape index (κ2) is 9.48. The molecule has 0 unspecified atom stereocenters. The Bertz CT molecular complexity index is 681. The van der Waals surface area contributed by atoms with Gasteiger partial charge in [-0.05, 0) is 37.1 Å². The SMILES string of the molecule is O=C(c1ccccc1)c1ccc(OC[C@H](O)CNC[C@H]2CCCO2)cc1. The molecule has 1 aliphatic heterocycles. The Hall–Kier alpha value is -2.21. The van der Waals surface area contributed by atoms with Crippen LogP contribution in [0.15, 0.2) is 54.6 Å². The molecule has 1 aliphatic rings. The number of aliphatic hydroxyl groups excluding tert-OH is 1. The highest BCUT2D eigenvalue weighted by Crippen LogP contribution is 2.16. The van der Waals surface area contributed by atoms with E-state index >= 15 is 0 Å². The first-order valence-electron chi connectivity index (χ1n) is 9.05. The molecule has 0 spiro atoms. The van der Waals surface area contributed by atoms with Crippen LogP contribution in [0.1, 0.15) is 28.8 Å². The lowest BCUT2D eigenvalue weighted by Gasteiger charge is -2.15. The van der Waals surface area contributed by atoms with Crippen molar-refractivity contribution in [3.63, 3.8) is 0 Å². The van der Waals surface area contributed by atoms with Crippen molar-refractivity contribution in [2.24, 2.45) is 0 Å². The van der Waals surface area contributed by atoms with Crippen LogP contribution in [-0.4, -0.2) is 49.4 Å². The third-order valence-electron chi connectivity index (χ3n) is 4.37. The van der Waals surface area contributed by atoms with Crippen LogP contribution in [0.2, 0.25) is 0 Å². The summed E-state index contributed by atoms with van der Waals surface area (Å²) in [5.41, 5.74) is 1.27. The van der Waals surface area contributed by atoms with E-state index in [2.05, 4.69) is 5.32 Å². The van der Waals surface area contributed by atoms with Crippen LogP contribution in [0.3, 0.4) is 0 Å². The Morgan fingerprint density at radius 2 is 1.88 bits per heavy atom. The van der Waals surface area contributed by atoms with Crippen molar-refractivity contribution in [2.45, 2.75) is 25.0 Å². The average Bonchev–Trinajstić information content (AvgIpc) is 3.20. The lowest BCUT2D eigenvalue weighted by atomic mass is 10.0. The summed E-state index contributed by atoms with van der Waals surface area (Å²) in [6.45, 7) is 2.25. The summed E-state index contributed by atoms with van der Waals surface area (Å²) in [6.07, 6.45) is 1.86. The Morgan fingerprint density at radius 1 is 1.15 bits per heavy atom. The van der Waals surface area contributed by atoms with E-state index in [4.69, 9.17) is 9.47 Å². The first-order valence-corrected chi connectivity index (χ1v) is 9.05. The first kappa shape index (κ1) is 18.6. The highest BCUT2D eigenvalue weighted by Gasteiger charge is 2.15. The largest absolute Gasteiger partial charge is 0.491 e. The molecule has 0 aliphatic carbocycles. The van der Waals surface area contributed by atoms with E-state index in [1.54, 1.807) is 36.4 Å². The molecule has 5 nitrogen and oxygen atoms in total. The molecule has 138 valence electrons. The number of nitrogens with one attached hydrogen (secondary N) is 1. The summed E-state index contributed by atoms with van der Waals surface area (Å²) in [7, 11) is 0. The van der Waals surface area contributed by atoms with E-state index in [1.165, 1.54) is 0 Å². The molecule has 1 heterocycles. The Balaban J connectivity index is 1.41. The van der Waals surface area contributed by atoms with Gasteiger partial charge in [0.25, 0.3) is 0 Å². The second-order valence-electron chi connectivity index (χ2n) is 6.48. The zero-order valence-electron chi connectivity index (χ0n) is 14.8. The van der Waals surface area contributed by atoms with Gasteiger partial charge in [-0.25, -0.2) is 0 Å². The highest BCUT2D eigenvalue weighted by atomic mass is 16.5. The van der Waals surface area contributed by atoms with Crippen molar-refractivity contribution in [2.75, 3.05) is 26.3 Å². The number of hydrogen-bond donors (Lipinski definition) is 2. The van der Waals surface area contributed by atoms with Crippen LogP contribution >= 0.6 is 0 Å². The molecular weight excluding hydrogens is 330 g/mol. The van der Waals surface area contributed by atoms with Gasteiger partial charge < -0.3 is 19.9 Å². The maximum Gasteiger partial charge on any atom is 0.193 e. The van der Waals surface area contributed by atoms with Gasteiger partial charge in [0.05, 0.1) is 6.10 Å². The topological polar surface area (TPSA) is 67.8 Å². The van der Waals surface area contributed by atoms with Crippen LogP contribution in [0.5, 0.6) is 5.75 Å². The molecule has 2 aromatic carbocycles. The van der Waals surface area contributed by atoms with Gasteiger partial charge in [-0.3, -0.25) is 4.79 Å². The maximum absolute atomic E-state index is 12.4. The molecule has 0 radical (unpaired) electrons. The Kier molecular flexibility index (Phi) is 6.77. The van der Waals surface area contributed by atoms with Gasteiger partial charge >= 0.3 is 0 Å². The number of carbonyl (C=O) groups excluding carboxylic acids is 1. The summed E-state index contributed by atoms with van der Waals surface area (Å²) in [5.74, 6) is 0.614. The summed E-state index contributed by atoms with van der Waals surface area (Å²) in [5, 5.41) is 13.2. The monoisotopic (exact) mass is 355 g/mol. The van der Waals surface area contributed by atoms with E-state index < -0.39 is 6.10 Å². The quantitative estimate of drug-likeness (QED) is 0.676. The number of ketones is 1. The number of carbonyl (C=O) groups is 1. The van der Waals surface area contributed by atoms with Crippen LogP contribution < -0.4 is 10.1 Å². The fourth-order valence-electron chi connectivity index (χ4n) is 2.93. The molecule has 2 atom stereocenters. The van der Waals surface area contributed by atoms with Crippen LogP contribution in [0.25, 0.3) is 0 Å². The second-order valence-corrected chi connectivity index (χ2v) is 6.48. The lowest BCUT2D eigenvalue weighted by Crippen LogP contribution is -2.35. The predicted octanol–water partition coefficient (Wildman–Crippen LogP) is 2.43. The molecule has 0 saturated carbocycles. The summed E-state index contributed by atoms with van der Waals surface area (Å²) in [6, 6.07) is 16.2. The van der Waals surface area contributed by atoms with Gasteiger partial charge in [0.2, 0.25) is 0 Å². The Morgan fingerprint density at radius 3 is 2.58 bits per heavy atom. The van der Waals surface area contributed by atoms with E-state index in [9.17, 15) is 9.90 Å². The molecular formula is C21H25NO4. The molecule has 26 heavy (non-hydrogen) atoms. The minimum Gasteiger partial charge on any atom is -0.491 e. The zero-order valence-corrected chi connectivity index (χ0v) is 14.8. The molecule has 0 bridgehead atoms. The number of aliphatic hydroxyl groups is 1. The van der Waals surface area contributed by atoms with Gasteiger partial charge in [0, 0.05) is 30.8 Å². The van der Waals surface area contributed by atoms with Gasteiger partial charge in [-0.15, -0.1) is 0 Å². The van der Waals surface area contributed by atoms with Crippen molar-refractivity contribution in [3.05, 3.63) is 65.7 Å². The van der Waals surface area contributed by atoms with Crippen molar-refractivity contribution >= 4 is 5.78 Å². The van der Waals surface area contributed by atoms with Crippen molar-refractivity contribution in [1.82, 2.24) is 5.32 Å². The molecule has 2 aromatic rings. The average molecular weight is 355 g/mol. The molecule has 0 aromatic heterocycles. The van der Waals surface area contributed by atoms with E-state index in [0.717, 1.165) is 26.0 Å². The minimum atomic E-state index is -0.595. The summed E-state index contributed by atoms with van der Waals surface area (Å²) < 4.78 is 11.1. The van der Waals surface area contributed by atoms with Gasteiger partial charge in [-0.2, -0.15) is 0 Å². The smallest absolute Gasteiger partial charge is 0.193 e. The number of benzene rings is 2. The van der Waals surface area contributed by atoms with E-state index in [0.29, 0.717) is 23.4 Å². The highest BCUT2D eigenvalue weighted by molar-refractivity contribution is 6.08. The fourth-order valence-corrected chi connectivity index (χ4v) is 2.93. The Labute approximate surface area is 153 Å².